The average Bonchev–Trinajstić information content (AvgIpc) is 2.79. The molecule has 5 nitrogen and oxygen atoms in total. The second kappa shape index (κ2) is 6.81. The molecule has 6 heteroatoms. The molecule has 0 amide bonds. The number of benzene rings is 1. The van der Waals surface area contributed by atoms with E-state index in [0.717, 1.165) is 11.4 Å². The first-order valence-electron chi connectivity index (χ1n) is 6.43. The molecule has 0 bridgehead atoms. The van der Waals surface area contributed by atoms with Crippen molar-refractivity contribution in [3.05, 3.63) is 64.6 Å². The molecule has 1 aromatic carbocycles. The van der Waals surface area contributed by atoms with Gasteiger partial charge < -0.3 is 5.32 Å². The molecule has 0 unspecified atom stereocenters. The first kappa shape index (κ1) is 14.9. The molecule has 0 fully saturated rings. The fourth-order valence-electron chi connectivity index (χ4n) is 1.80. The number of nitrogens with zero attached hydrogens (tertiary/aromatic N) is 2. The Morgan fingerprint density at radius 2 is 2.19 bits per heavy atom. The summed E-state index contributed by atoms with van der Waals surface area (Å²) < 4.78 is 1.48. The number of para-hydroxylation sites is 1. The van der Waals surface area contributed by atoms with Gasteiger partial charge in [-0.15, -0.1) is 6.58 Å². The quantitative estimate of drug-likeness (QED) is 0.515. The Labute approximate surface area is 128 Å². The summed E-state index contributed by atoms with van der Waals surface area (Å²) in [7, 11) is 0. The summed E-state index contributed by atoms with van der Waals surface area (Å²) in [5, 5.41) is 6.23. The Morgan fingerprint density at radius 1 is 1.48 bits per heavy atom. The van der Waals surface area contributed by atoms with Gasteiger partial charge in [0, 0.05) is 18.5 Å². The van der Waals surface area contributed by atoms with Gasteiger partial charge in [0.25, 0.3) is 5.56 Å². The van der Waals surface area contributed by atoms with Crippen LogP contribution in [0.3, 0.4) is 0 Å². The highest BCUT2D eigenvalue weighted by Gasteiger charge is 2.10. The van der Waals surface area contributed by atoms with Gasteiger partial charge in [-0.1, -0.05) is 24.3 Å². The van der Waals surface area contributed by atoms with E-state index in [1.165, 1.54) is 10.9 Å². The molecule has 0 atom stereocenters. The highest BCUT2D eigenvalue weighted by Crippen LogP contribution is 2.05. The number of thiocarbonyl (C=S) groups is 1. The fraction of sp³-hybridized carbons (Fsp3) is 0.133. The summed E-state index contributed by atoms with van der Waals surface area (Å²) in [4.78, 5) is 16.5. The second-order valence-corrected chi connectivity index (χ2v) is 4.75. The molecule has 2 N–H and O–H groups in total. The van der Waals surface area contributed by atoms with Crippen LogP contribution in [-0.4, -0.2) is 27.7 Å². The van der Waals surface area contributed by atoms with Crippen LogP contribution >= 0.6 is 12.2 Å². The molecule has 0 aliphatic carbocycles. The highest BCUT2D eigenvalue weighted by atomic mass is 32.1. The SMILES string of the molecule is C=CCNC(=S)N=Cc1c(C)[nH]n(-c2ccccc2)c1=O. The molecule has 21 heavy (non-hydrogen) atoms. The van der Waals surface area contributed by atoms with Crippen LogP contribution in [0.15, 0.2) is 52.8 Å². The van der Waals surface area contributed by atoms with Crippen molar-refractivity contribution in [3.8, 4) is 5.69 Å². The normalized spacial score (nSPS) is 10.7. The Balaban J connectivity index is 2.28. The lowest BCUT2D eigenvalue weighted by molar-refractivity contribution is 0.835. The van der Waals surface area contributed by atoms with E-state index in [9.17, 15) is 4.79 Å². The molecule has 0 radical (unpaired) electrons. The van der Waals surface area contributed by atoms with Gasteiger partial charge in [-0.3, -0.25) is 9.89 Å². The largest absolute Gasteiger partial charge is 0.357 e. The average molecular weight is 300 g/mol. The van der Waals surface area contributed by atoms with Gasteiger partial charge in [-0.05, 0) is 31.3 Å². The monoisotopic (exact) mass is 300 g/mol. The van der Waals surface area contributed by atoms with E-state index < -0.39 is 0 Å². The molecule has 0 saturated heterocycles. The van der Waals surface area contributed by atoms with Crippen LogP contribution in [0.5, 0.6) is 0 Å². The molecule has 0 spiro atoms. The van der Waals surface area contributed by atoms with E-state index in [-0.39, 0.29) is 5.56 Å². The van der Waals surface area contributed by atoms with E-state index in [1.807, 2.05) is 37.3 Å². The standard InChI is InChI=1S/C15H16N4OS/c1-3-9-16-15(21)17-10-13-11(2)18-19(14(13)20)12-7-5-4-6-8-12/h3-8,10,18H,1,9H2,2H3,(H,16,21). The summed E-state index contributed by atoms with van der Waals surface area (Å²) in [6.07, 6.45) is 3.16. The van der Waals surface area contributed by atoms with Gasteiger partial charge in [0.15, 0.2) is 5.11 Å². The lowest BCUT2D eigenvalue weighted by atomic mass is 10.3. The Kier molecular flexibility index (Phi) is 4.84. The van der Waals surface area contributed by atoms with Crippen LogP contribution in [-0.2, 0) is 0 Å². The first-order valence-corrected chi connectivity index (χ1v) is 6.84. The van der Waals surface area contributed by atoms with Crippen molar-refractivity contribution in [1.82, 2.24) is 15.1 Å². The molecule has 0 aliphatic heterocycles. The Bertz CT molecular complexity index is 728. The zero-order valence-electron chi connectivity index (χ0n) is 11.7. The van der Waals surface area contributed by atoms with Crippen LogP contribution < -0.4 is 10.9 Å². The van der Waals surface area contributed by atoms with E-state index in [0.29, 0.717) is 17.2 Å². The smallest absolute Gasteiger partial charge is 0.280 e. The first-order chi connectivity index (χ1) is 10.1. The zero-order chi connectivity index (χ0) is 15.2. The molecule has 0 aliphatic rings. The van der Waals surface area contributed by atoms with Crippen molar-refractivity contribution >= 4 is 23.5 Å². The predicted octanol–water partition coefficient (Wildman–Crippen LogP) is 1.95. The van der Waals surface area contributed by atoms with E-state index in [2.05, 4.69) is 22.0 Å². The van der Waals surface area contributed by atoms with Crippen LogP contribution in [0.1, 0.15) is 11.3 Å². The molecule has 2 rings (SSSR count). The highest BCUT2D eigenvalue weighted by molar-refractivity contribution is 7.80. The van der Waals surface area contributed by atoms with Crippen LogP contribution in [0.2, 0.25) is 0 Å². The van der Waals surface area contributed by atoms with Crippen molar-refractivity contribution < 1.29 is 0 Å². The minimum absolute atomic E-state index is 0.158. The third-order valence-electron chi connectivity index (χ3n) is 2.84. The lowest BCUT2D eigenvalue weighted by Gasteiger charge is -1.99. The number of aryl methyl sites for hydroxylation is 1. The van der Waals surface area contributed by atoms with Crippen LogP contribution in [0, 0.1) is 6.92 Å². The van der Waals surface area contributed by atoms with E-state index >= 15 is 0 Å². The summed E-state index contributed by atoms with van der Waals surface area (Å²) >= 11 is 5.03. The zero-order valence-corrected chi connectivity index (χ0v) is 12.5. The molecule has 2 aromatic rings. The maximum Gasteiger partial charge on any atom is 0.280 e. The number of aromatic amines is 1. The van der Waals surface area contributed by atoms with Crippen molar-refractivity contribution in [2.45, 2.75) is 6.92 Å². The number of nitrogens with one attached hydrogen (secondary N) is 2. The maximum absolute atomic E-state index is 12.4. The van der Waals surface area contributed by atoms with Crippen LogP contribution in [0.25, 0.3) is 5.69 Å². The van der Waals surface area contributed by atoms with Crippen molar-refractivity contribution in [1.29, 1.82) is 0 Å². The minimum Gasteiger partial charge on any atom is -0.357 e. The topological polar surface area (TPSA) is 62.2 Å². The van der Waals surface area contributed by atoms with Gasteiger partial charge in [0.05, 0.1) is 11.3 Å². The number of rotatable bonds is 4. The number of aliphatic imine (C=N–C) groups is 1. The van der Waals surface area contributed by atoms with Gasteiger partial charge >= 0.3 is 0 Å². The van der Waals surface area contributed by atoms with Gasteiger partial charge in [0.1, 0.15) is 0 Å². The molecule has 0 saturated carbocycles. The molecule has 108 valence electrons. The molecular formula is C15H16N4OS. The van der Waals surface area contributed by atoms with Crippen molar-refractivity contribution in [2.75, 3.05) is 6.54 Å². The van der Waals surface area contributed by atoms with E-state index in [4.69, 9.17) is 12.2 Å². The van der Waals surface area contributed by atoms with Gasteiger partial charge in [-0.2, -0.15) is 0 Å². The van der Waals surface area contributed by atoms with Gasteiger partial charge in [-0.25, -0.2) is 9.67 Å². The minimum atomic E-state index is -0.158. The Hall–Kier alpha value is -2.47. The van der Waals surface area contributed by atoms with Crippen LogP contribution in [0.4, 0.5) is 0 Å². The summed E-state index contributed by atoms with van der Waals surface area (Å²) in [6, 6.07) is 9.36. The number of aromatic nitrogens is 2. The van der Waals surface area contributed by atoms with Crippen molar-refractivity contribution in [2.24, 2.45) is 4.99 Å². The molecule has 1 heterocycles. The summed E-state index contributed by atoms with van der Waals surface area (Å²) in [5.74, 6) is 0. The Morgan fingerprint density at radius 3 is 2.86 bits per heavy atom. The molecular weight excluding hydrogens is 284 g/mol. The second-order valence-electron chi connectivity index (χ2n) is 4.36. The fourth-order valence-corrected chi connectivity index (χ4v) is 1.93. The number of hydrogen-bond donors (Lipinski definition) is 2. The predicted molar refractivity (Wildman–Crippen MR) is 89.5 cm³/mol. The summed E-state index contributed by atoms with van der Waals surface area (Å²) in [5.41, 5.74) is 1.84. The van der Waals surface area contributed by atoms with Gasteiger partial charge in [0.2, 0.25) is 0 Å². The summed E-state index contributed by atoms with van der Waals surface area (Å²) in [6.45, 7) is 5.94. The number of hydrogen-bond acceptors (Lipinski definition) is 2. The molecule has 1 aromatic heterocycles. The third-order valence-corrected chi connectivity index (χ3v) is 3.09. The van der Waals surface area contributed by atoms with Crippen molar-refractivity contribution in [3.63, 3.8) is 0 Å². The maximum atomic E-state index is 12.4. The third kappa shape index (κ3) is 3.55. The number of H-pyrrole nitrogens is 1. The lowest BCUT2D eigenvalue weighted by Crippen LogP contribution is -2.20. The van der Waals surface area contributed by atoms with E-state index in [1.54, 1.807) is 6.08 Å².